The van der Waals surface area contributed by atoms with Crippen molar-refractivity contribution in [1.29, 1.82) is 0 Å². The number of anilines is 1. The molecule has 4 nitrogen and oxygen atoms in total. The molecule has 0 atom stereocenters. The van der Waals surface area contributed by atoms with Gasteiger partial charge in [-0.2, -0.15) is 0 Å². The number of carbonyl (C=O) groups is 1. The number of hydrogen-bond acceptors (Lipinski definition) is 3. The number of rotatable bonds is 2. The molecule has 0 radical (unpaired) electrons. The Balaban J connectivity index is 2.09. The normalized spacial score (nSPS) is 9.93. The van der Waals surface area contributed by atoms with Crippen molar-refractivity contribution in [3.8, 4) is 0 Å². The van der Waals surface area contributed by atoms with E-state index in [1.807, 2.05) is 0 Å². The fourth-order valence-electron chi connectivity index (χ4n) is 1.06. The number of hydrogen-bond donors (Lipinski definition) is 1. The molecule has 1 N–H and O–H groups in total. The van der Waals surface area contributed by atoms with Crippen LogP contribution in [0.1, 0.15) is 10.5 Å². The second-order valence-corrected chi connectivity index (χ2v) is 2.85. The zero-order valence-corrected chi connectivity index (χ0v) is 7.61. The van der Waals surface area contributed by atoms with E-state index in [1.54, 1.807) is 0 Å². The van der Waals surface area contributed by atoms with Gasteiger partial charge in [-0.1, -0.05) is 5.16 Å². The summed E-state index contributed by atoms with van der Waals surface area (Å²) in [6.45, 7) is 0. The van der Waals surface area contributed by atoms with Crippen molar-refractivity contribution in [3.63, 3.8) is 0 Å². The predicted molar refractivity (Wildman–Crippen MR) is 50.9 cm³/mol. The maximum absolute atomic E-state index is 12.6. The van der Waals surface area contributed by atoms with Gasteiger partial charge in [0.15, 0.2) is 5.69 Å². The molecule has 0 aliphatic rings. The molecule has 0 spiro atoms. The first kappa shape index (κ1) is 9.39. The van der Waals surface area contributed by atoms with Crippen molar-refractivity contribution < 1.29 is 13.7 Å². The van der Waals surface area contributed by atoms with Gasteiger partial charge in [0, 0.05) is 11.8 Å². The van der Waals surface area contributed by atoms with Crippen molar-refractivity contribution in [3.05, 3.63) is 48.1 Å². The highest BCUT2D eigenvalue weighted by atomic mass is 19.1. The van der Waals surface area contributed by atoms with Gasteiger partial charge >= 0.3 is 0 Å². The number of carbonyl (C=O) groups excluding carboxylic acids is 1. The molecule has 0 fully saturated rings. The second kappa shape index (κ2) is 3.91. The summed E-state index contributed by atoms with van der Waals surface area (Å²) in [6, 6.07) is 6.90. The lowest BCUT2D eigenvalue weighted by Crippen LogP contribution is -2.11. The molecular weight excluding hydrogens is 199 g/mol. The molecule has 2 aromatic rings. The Labute approximate surface area is 84.7 Å². The summed E-state index contributed by atoms with van der Waals surface area (Å²) in [7, 11) is 0. The van der Waals surface area contributed by atoms with E-state index in [0.717, 1.165) is 0 Å². The van der Waals surface area contributed by atoms with Gasteiger partial charge in [0.1, 0.15) is 12.1 Å². The largest absolute Gasteiger partial charge is 0.364 e. The lowest BCUT2D eigenvalue weighted by atomic mass is 10.3. The number of amides is 1. The van der Waals surface area contributed by atoms with Crippen LogP contribution < -0.4 is 5.32 Å². The number of nitrogens with one attached hydrogen (secondary N) is 1. The lowest BCUT2D eigenvalue weighted by Gasteiger charge is -2.01. The monoisotopic (exact) mass is 206 g/mol. The average molecular weight is 206 g/mol. The summed E-state index contributed by atoms with van der Waals surface area (Å²) in [4.78, 5) is 11.4. The van der Waals surface area contributed by atoms with E-state index in [-0.39, 0.29) is 11.5 Å². The first-order chi connectivity index (χ1) is 7.25. The first-order valence-electron chi connectivity index (χ1n) is 4.23. The Bertz CT molecular complexity index is 451. The molecule has 0 saturated carbocycles. The number of aromatic nitrogens is 1. The molecule has 1 amide bonds. The highest BCUT2D eigenvalue weighted by Crippen LogP contribution is 2.09. The maximum atomic E-state index is 12.6. The van der Waals surface area contributed by atoms with Crippen LogP contribution in [0.4, 0.5) is 10.1 Å². The van der Waals surface area contributed by atoms with E-state index in [9.17, 15) is 9.18 Å². The van der Waals surface area contributed by atoms with Crippen LogP contribution in [-0.4, -0.2) is 11.1 Å². The third-order valence-electron chi connectivity index (χ3n) is 1.77. The van der Waals surface area contributed by atoms with Crippen molar-refractivity contribution in [2.24, 2.45) is 0 Å². The average Bonchev–Trinajstić information content (AvgIpc) is 2.74. The summed E-state index contributed by atoms with van der Waals surface area (Å²) in [6.07, 6.45) is 1.31. The van der Waals surface area contributed by atoms with Gasteiger partial charge in [-0.05, 0) is 24.3 Å². The Morgan fingerprint density at radius 1 is 1.27 bits per heavy atom. The molecule has 0 saturated heterocycles. The van der Waals surface area contributed by atoms with Gasteiger partial charge in [0.2, 0.25) is 0 Å². The van der Waals surface area contributed by atoms with E-state index in [0.29, 0.717) is 5.69 Å². The van der Waals surface area contributed by atoms with Crippen molar-refractivity contribution >= 4 is 11.6 Å². The predicted octanol–water partition coefficient (Wildman–Crippen LogP) is 2.07. The van der Waals surface area contributed by atoms with Crippen molar-refractivity contribution in [2.45, 2.75) is 0 Å². The molecule has 0 aliphatic heterocycles. The van der Waals surface area contributed by atoms with E-state index in [1.165, 1.54) is 36.6 Å². The zero-order chi connectivity index (χ0) is 10.7. The van der Waals surface area contributed by atoms with Crippen LogP contribution in [0.3, 0.4) is 0 Å². The first-order valence-corrected chi connectivity index (χ1v) is 4.23. The molecule has 0 bridgehead atoms. The molecule has 5 heteroatoms. The number of halogens is 1. The summed E-state index contributed by atoms with van der Waals surface area (Å²) in [5.74, 6) is -0.746. The van der Waals surface area contributed by atoms with Gasteiger partial charge in [0.05, 0.1) is 0 Å². The van der Waals surface area contributed by atoms with Crippen LogP contribution in [0.15, 0.2) is 41.1 Å². The fraction of sp³-hybridized carbons (Fsp3) is 0. The standard InChI is InChI=1S/C10H7FN2O2/c11-7-1-3-8(4-2-7)12-10(14)9-5-6-15-13-9/h1-6H,(H,12,14). The molecule has 2 rings (SSSR count). The smallest absolute Gasteiger partial charge is 0.277 e. The summed E-state index contributed by atoms with van der Waals surface area (Å²) in [5.41, 5.74) is 0.684. The van der Waals surface area contributed by atoms with Crippen LogP contribution in [-0.2, 0) is 0 Å². The number of benzene rings is 1. The Morgan fingerprint density at radius 2 is 2.00 bits per heavy atom. The minimum atomic E-state index is -0.393. The van der Waals surface area contributed by atoms with Gasteiger partial charge in [-0.3, -0.25) is 4.79 Å². The maximum Gasteiger partial charge on any atom is 0.277 e. The van der Waals surface area contributed by atoms with Crippen LogP contribution in [0.25, 0.3) is 0 Å². The molecular formula is C10H7FN2O2. The third kappa shape index (κ3) is 2.19. The third-order valence-corrected chi connectivity index (χ3v) is 1.77. The van der Waals surface area contributed by atoms with Gasteiger partial charge in [0.25, 0.3) is 5.91 Å². The van der Waals surface area contributed by atoms with Gasteiger partial charge in [-0.15, -0.1) is 0 Å². The molecule has 15 heavy (non-hydrogen) atoms. The van der Waals surface area contributed by atoms with Gasteiger partial charge in [-0.25, -0.2) is 4.39 Å². The van der Waals surface area contributed by atoms with Crippen LogP contribution in [0.5, 0.6) is 0 Å². The Kier molecular flexibility index (Phi) is 2.45. The molecule has 1 aromatic heterocycles. The van der Waals surface area contributed by atoms with Crippen molar-refractivity contribution in [2.75, 3.05) is 5.32 Å². The van der Waals surface area contributed by atoms with E-state index >= 15 is 0 Å². The summed E-state index contributed by atoms with van der Waals surface area (Å²) >= 11 is 0. The molecule has 1 heterocycles. The topological polar surface area (TPSA) is 55.1 Å². The minimum absolute atomic E-state index is 0.180. The quantitative estimate of drug-likeness (QED) is 0.818. The van der Waals surface area contributed by atoms with E-state index in [2.05, 4.69) is 15.0 Å². The highest BCUT2D eigenvalue weighted by Gasteiger charge is 2.08. The molecule has 0 aliphatic carbocycles. The molecule has 0 unspecified atom stereocenters. The molecule has 76 valence electrons. The molecule has 1 aromatic carbocycles. The van der Waals surface area contributed by atoms with E-state index < -0.39 is 5.91 Å². The second-order valence-electron chi connectivity index (χ2n) is 2.85. The summed E-state index contributed by atoms with van der Waals surface area (Å²) < 4.78 is 17.1. The van der Waals surface area contributed by atoms with Gasteiger partial charge < -0.3 is 9.84 Å². The highest BCUT2D eigenvalue weighted by molar-refractivity contribution is 6.02. The number of nitrogens with zero attached hydrogens (tertiary/aromatic N) is 1. The van der Waals surface area contributed by atoms with Crippen molar-refractivity contribution in [1.82, 2.24) is 5.16 Å². The summed E-state index contributed by atoms with van der Waals surface area (Å²) in [5, 5.41) is 6.01. The van der Waals surface area contributed by atoms with Crippen LogP contribution >= 0.6 is 0 Å². The minimum Gasteiger partial charge on any atom is -0.364 e. The lowest BCUT2D eigenvalue weighted by molar-refractivity contribution is 0.101. The SMILES string of the molecule is O=C(Nc1ccc(F)cc1)c1ccon1. The Morgan fingerprint density at radius 3 is 2.60 bits per heavy atom. The Hall–Kier alpha value is -2.17. The zero-order valence-electron chi connectivity index (χ0n) is 7.61. The van der Waals surface area contributed by atoms with Crippen LogP contribution in [0.2, 0.25) is 0 Å². The van der Waals surface area contributed by atoms with E-state index in [4.69, 9.17) is 0 Å². The fourth-order valence-corrected chi connectivity index (χ4v) is 1.06. The van der Waals surface area contributed by atoms with Crippen LogP contribution in [0, 0.1) is 5.82 Å².